The zero-order valence-electron chi connectivity index (χ0n) is 14.2. The van der Waals surface area contributed by atoms with Crippen molar-refractivity contribution in [3.63, 3.8) is 0 Å². The van der Waals surface area contributed by atoms with Gasteiger partial charge in [0, 0.05) is 11.8 Å². The molecular weight excluding hydrogens is 383 g/mol. The first-order valence-electron chi connectivity index (χ1n) is 8.01. The van der Waals surface area contributed by atoms with E-state index in [1.54, 1.807) is 12.1 Å². The van der Waals surface area contributed by atoms with Crippen LogP contribution in [0, 0.1) is 0 Å². The molecule has 0 spiro atoms. The fourth-order valence-corrected chi connectivity index (χ4v) is 3.39. The molecule has 0 atom stereocenters. The molecule has 1 amide bonds. The van der Waals surface area contributed by atoms with Crippen LogP contribution in [0.15, 0.2) is 30.5 Å². The highest BCUT2D eigenvalue weighted by Gasteiger charge is 2.32. The van der Waals surface area contributed by atoms with E-state index in [-0.39, 0.29) is 17.1 Å². The fraction of sp³-hybridized carbons (Fsp3) is 0.294. The quantitative estimate of drug-likeness (QED) is 0.826. The SMILES string of the molecule is CS(=O)(=O)Nc1ncc(C(F)(F)F)cc1NC(=O)c1ccc2c(c1)CCC2. The summed E-state index contributed by atoms with van der Waals surface area (Å²) in [5.74, 6) is -1.04. The summed E-state index contributed by atoms with van der Waals surface area (Å²) in [6.45, 7) is 0. The molecule has 2 aromatic rings. The number of sulfonamides is 1. The zero-order valence-corrected chi connectivity index (χ0v) is 15.0. The Morgan fingerprint density at radius 1 is 1.15 bits per heavy atom. The van der Waals surface area contributed by atoms with Crippen LogP contribution in [0.1, 0.15) is 33.5 Å². The zero-order chi connectivity index (χ0) is 19.8. The van der Waals surface area contributed by atoms with Crippen LogP contribution in [0.5, 0.6) is 0 Å². The number of carbonyl (C=O) groups excluding carboxylic acids is 1. The van der Waals surface area contributed by atoms with Crippen LogP contribution in [0.4, 0.5) is 24.7 Å². The van der Waals surface area contributed by atoms with Gasteiger partial charge < -0.3 is 5.32 Å². The molecule has 1 aliphatic carbocycles. The first kappa shape index (κ1) is 19.2. The number of hydrogen-bond donors (Lipinski definition) is 2. The van der Waals surface area contributed by atoms with Crippen LogP contribution < -0.4 is 10.0 Å². The molecule has 144 valence electrons. The van der Waals surface area contributed by atoms with Crippen molar-refractivity contribution in [3.8, 4) is 0 Å². The normalized spacial score (nSPS) is 13.9. The van der Waals surface area contributed by atoms with Gasteiger partial charge in [-0.25, -0.2) is 13.4 Å². The van der Waals surface area contributed by atoms with Crippen LogP contribution in [-0.2, 0) is 29.0 Å². The van der Waals surface area contributed by atoms with Crippen molar-refractivity contribution >= 4 is 27.4 Å². The van der Waals surface area contributed by atoms with Gasteiger partial charge in [0.05, 0.1) is 17.5 Å². The Morgan fingerprint density at radius 3 is 2.52 bits per heavy atom. The number of hydrogen-bond acceptors (Lipinski definition) is 4. The van der Waals surface area contributed by atoms with E-state index >= 15 is 0 Å². The third-order valence-electron chi connectivity index (χ3n) is 4.11. The van der Waals surface area contributed by atoms with Crippen LogP contribution >= 0.6 is 0 Å². The summed E-state index contributed by atoms with van der Waals surface area (Å²) in [5, 5.41) is 2.32. The summed E-state index contributed by atoms with van der Waals surface area (Å²) in [5.41, 5.74) is 0.968. The number of fused-ring (bicyclic) bond motifs is 1. The molecule has 27 heavy (non-hydrogen) atoms. The number of pyridine rings is 1. The van der Waals surface area contributed by atoms with Crippen molar-refractivity contribution in [2.24, 2.45) is 0 Å². The number of aromatic nitrogens is 1. The van der Waals surface area contributed by atoms with Crippen molar-refractivity contribution < 1.29 is 26.4 Å². The molecule has 0 bridgehead atoms. The van der Waals surface area contributed by atoms with E-state index in [1.165, 1.54) is 0 Å². The van der Waals surface area contributed by atoms with Crippen molar-refractivity contribution in [1.82, 2.24) is 4.98 Å². The van der Waals surface area contributed by atoms with Gasteiger partial charge in [0.15, 0.2) is 5.82 Å². The Hall–Kier alpha value is -2.62. The summed E-state index contributed by atoms with van der Waals surface area (Å²) in [6, 6.07) is 5.75. The molecule has 0 fully saturated rings. The molecule has 0 radical (unpaired) electrons. The molecule has 1 aliphatic rings. The van der Waals surface area contributed by atoms with Crippen LogP contribution in [0.3, 0.4) is 0 Å². The lowest BCUT2D eigenvalue weighted by atomic mass is 10.1. The molecule has 10 heteroatoms. The van der Waals surface area contributed by atoms with E-state index in [0.717, 1.165) is 36.6 Å². The van der Waals surface area contributed by atoms with E-state index < -0.39 is 27.7 Å². The number of nitrogens with one attached hydrogen (secondary N) is 2. The third-order valence-corrected chi connectivity index (χ3v) is 4.67. The Bertz CT molecular complexity index is 1000. The number of alkyl halides is 3. The largest absolute Gasteiger partial charge is 0.417 e. The second-order valence-corrected chi connectivity index (χ2v) is 8.03. The van der Waals surface area contributed by atoms with E-state index in [4.69, 9.17) is 0 Å². The van der Waals surface area contributed by atoms with Gasteiger partial charge in [-0.15, -0.1) is 0 Å². The number of benzene rings is 1. The average molecular weight is 399 g/mol. The highest BCUT2D eigenvalue weighted by Crippen LogP contribution is 2.33. The van der Waals surface area contributed by atoms with Crippen molar-refractivity contribution in [1.29, 1.82) is 0 Å². The third kappa shape index (κ3) is 4.57. The van der Waals surface area contributed by atoms with E-state index in [1.807, 2.05) is 10.8 Å². The minimum absolute atomic E-state index is 0.276. The Balaban J connectivity index is 1.94. The van der Waals surface area contributed by atoms with E-state index in [0.29, 0.717) is 12.3 Å². The number of rotatable bonds is 4. The lowest BCUT2D eigenvalue weighted by Gasteiger charge is -2.14. The minimum Gasteiger partial charge on any atom is -0.319 e. The van der Waals surface area contributed by atoms with Gasteiger partial charge in [-0.3, -0.25) is 9.52 Å². The molecule has 0 saturated carbocycles. The van der Waals surface area contributed by atoms with Gasteiger partial charge in [0.1, 0.15) is 0 Å². The van der Waals surface area contributed by atoms with Gasteiger partial charge >= 0.3 is 6.18 Å². The van der Waals surface area contributed by atoms with Gasteiger partial charge in [0.2, 0.25) is 10.0 Å². The summed E-state index contributed by atoms with van der Waals surface area (Å²) in [4.78, 5) is 16.0. The van der Waals surface area contributed by atoms with Crippen molar-refractivity contribution in [2.45, 2.75) is 25.4 Å². The number of halogens is 3. The molecule has 0 saturated heterocycles. The summed E-state index contributed by atoms with van der Waals surface area (Å²) >= 11 is 0. The average Bonchev–Trinajstić information content (AvgIpc) is 3.01. The van der Waals surface area contributed by atoms with Crippen LogP contribution in [0.2, 0.25) is 0 Å². The predicted molar refractivity (Wildman–Crippen MR) is 94.1 cm³/mol. The number of amides is 1. The van der Waals surface area contributed by atoms with E-state index in [9.17, 15) is 26.4 Å². The fourth-order valence-electron chi connectivity index (χ4n) is 2.88. The van der Waals surface area contributed by atoms with E-state index in [2.05, 4.69) is 10.3 Å². The first-order valence-corrected chi connectivity index (χ1v) is 9.90. The molecule has 6 nitrogen and oxygen atoms in total. The lowest BCUT2D eigenvalue weighted by molar-refractivity contribution is -0.137. The highest BCUT2D eigenvalue weighted by atomic mass is 32.2. The molecule has 3 rings (SSSR count). The second-order valence-electron chi connectivity index (χ2n) is 6.28. The highest BCUT2D eigenvalue weighted by molar-refractivity contribution is 7.92. The topological polar surface area (TPSA) is 88.2 Å². The van der Waals surface area contributed by atoms with Crippen LogP contribution in [-0.4, -0.2) is 25.6 Å². The van der Waals surface area contributed by atoms with Gasteiger partial charge in [-0.1, -0.05) is 6.07 Å². The smallest absolute Gasteiger partial charge is 0.319 e. The van der Waals surface area contributed by atoms with Crippen molar-refractivity contribution in [2.75, 3.05) is 16.3 Å². The molecular formula is C17H16F3N3O3S. The Labute approximate surface area is 153 Å². The molecule has 0 aliphatic heterocycles. The molecule has 1 aromatic carbocycles. The maximum atomic E-state index is 13.0. The molecule has 0 unspecified atom stereocenters. The standard InChI is InChI=1S/C17H16F3N3O3S/c1-27(25,26)23-15-14(8-13(9-21-15)17(18,19)20)22-16(24)12-6-5-10-3-2-4-11(10)7-12/h5-9H,2-4H2,1H3,(H,21,23)(H,22,24). The van der Waals surface area contributed by atoms with Gasteiger partial charge in [0.25, 0.3) is 5.91 Å². The predicted octanol–water partition coefficient (Wildman–Crippen LogP) is 3.21. The molecule has 2 N–H and O–H groups in total. The minimum atomic E-state index is -4.69. The monoisotopic (exact) mass is 399 g/mol. The van der Waals surface area contributed by atoms with Crippen LogP contribution in [0.25, 0.3) is 0 Å². The number of carbonyl (C=O) groups is 1. The second kappa shape index (κ2) is 6.84. The Kier molecular flexibility index (Phi) is 4.85. The number of anilines is 2. The van der Waals surface area contributed by atoms with Crippen molar-refractivity contribution in [3.05, 3.63) is 52.7 Å². The van der Waals surface area contributed by atoms with Gasteiger partial charge in [-0.05, 0) is 48.6 Å². The maximum Gasteiger partial charge on any atom is 0.417 e. The number of nitrogens with zero attached hydrogens (tertiary/aromatic N) is 1. The summed E-state index contributed by atoms with van der Waals surface area (Å²) in [7, 11) is -3.80. The summed E-state index contributed by atoms with van der Waals surface area (Å²) in [6.07, 6.45) is -0.610. The number of aryl methyl sites for hydroxylation is 2. The lowest BCUT2D eigenvalue weighted by Crippen LogP contribution is -2.18. The first-order chi connectivity index (χ1) is 12.5. The molecule has 1 heterocycles. The Morgan fingerprint density at radius 2 is 1.85 bits per heavy atom. The maximum absolute atomic E-state index is 13.0. The summed E-state index contributed by atoms with van der Waals surface area (Å²) < 4.78 is 63.7. The molecule has 1 aromatic heterocycles. The van der Waals surface area contributed by atoms with Gasteiger partial charge in [-0.2, -0.15) is 13.2 Å².